The van der Waals surface area contributed by atoms with Gasteiger partial charge in [-0.25, -0.2) is 0 Å². The molecule has 0 aliphatic carbocycles. The molecule has 0 saturated heterocycles. The molecular formula is C17H20ClN2O+. The van der Waals surface area contributed by atoms with Crippen LogP contribution in [0, 0.1) is 0 Å². The Labute approximate surface area is 130 Å². The number of nitrogens with two attached hydrogens (primary N) is 1. The van der Waals surface area contributed by atoms with E-state index >= 15 is 0 Å². The highest BCUT2D eigenvalue weighted by Gasteiger charge is 2.20. The van der Waals surface area contributed by atoms with Crippen LogP contribution in [0.2, 0.25) is 5.02 Å². The average Bonchev–Trinajstić information content (AvgIpc) is 2.50. The van der Waals surface area contributed by atoms with Gasteiger partial charge in [0.25, 0.3) is 5.91 Å². The summed E-state index contributed by atoms with van der Waals surface area (Å²) in [6.45, 7) is 3.99. The Kier molecular flexibility index (Phi) is 5.37. The minimum atomic E-state index is -0.198. The van der Waals surface area contributed by atoms with E-state index in [1.165, 1.54) is 5.56 Å². The van der Waals surface area contributed by atoms with Gasteiger partial charge in [-0.2, -0.15) is 0 Å². The molecule has 1 amide bonds. The van der Waals surface area contributed by atoms with Crippen molar-refractivity contribution in [2.24, 2.45) is 0 Å². The summed E-state index contributed by atoms with van der Waals surface area (Å²) >= 11 is 6.05. The van der Waals surface area contributed by atoms with E-state index in [9.17, 15) is 4.79 Å². The standard InChI is InChI=1S/C17H19ClN2O/c1-12(14-8-4-3-5-9-14)19-13(2)17(21)20-16-11-7-6-10-15(16)18/h3-13,19H,1-2H3,(H,20,21)/p+1/t12-,13-/m0/s1. The molecule has 0 spiro atoms. The minimum absolute atomic E-state index is 0.0501. The molecule has 0 fully saturated rings. The van der Waals surface area contributed by atoms with Gasteiger partial charge in [-0.3, -0.25) is 4.79 Å². The number of hydrogen-bond acceptors (Lipinski definition) is 1. The summed E-state index contributed by atoms with van der Waals surface area (Å²) in [5.41, 5.74) is 1.85. The second-order valence-corrected chi connectivity index (χ2v) is 5.56. The lowest BCUT2D eigenvalue weighted by Gasteiger charge is -2.17. The number of halogens is 1. The van der Waals surface area contributed by atoms with Crippen molar-refractivity contribution >= 4 is 23.2 Å². The van der Waals surface area contributed by atoms with E-state index in [1.54, 1.807) is 12.1 Å². The van der Waals surface area contributed by atoms with Gasteiger partial charge in [0.2, 0.25) is 0 Å². The van der Waals surface area contributed by atoms with Crippen molar-refractivity contribution in [3.05, 3.63) is 65.2 Å². The topological polar surface area (TPSA) is 45.7 Å². The highest BCUT2D eigenvalue weighted by Crippen LogP contribution is 2.20. The summed E-state index contributed by atoms with van der Waals surface area (Å²) in [5.74, 6) is -0.0501. The fourth-order valence-corrected chi connectivity index (χ4v) is 2.38. The molecule has 2 atom stereocenters. The number of nitrogens with one attached hydrogen (secondary N) is 1. The Balaban J connectivity index is 1.95. The van der Waals surface area contributed by atoms with Gasteiger partial charge in [-0.15, -0.1) is 0 Å². The maximum atomic E-state index is 12.2. The maximum Gasteiger partial charge on any atom is 0.282 e. The van der Waals surface area contributed by atoms with Crippen LogP contribution in [-0.2, 0) is 4.79 Å². The number of hydrogen-bond donors (Lipinski definition) is 2. The number of carbonyl (C=O) groups excluding carboxylic acids is 1. The third kappa shape index (κ3) is 4.31. The largest absolute Gasteiger partial charge is 0.330 e. The van der Waals surface area contributed by atoms with Crippen LogP contribution in [0.1, 0.15) is 25.5 Å². The third-order valence-electron chi connectivity index (χ3n) is 3.45. The molecule has 0 heterocycles. The first kappa shape index (κ1) is 15.5. The van der Waals surface area contributed by atoms with Gasteiger partial charge in [0, 0.05) is 5.56 Å². The van der Waals surface area contributed by atoms with Crippen molar-refractivity contribution in [3.8, 4) is 0 Å². The van der Waals surface area contributed by atoms with E-state index in [0.717, 1.165) is 0 Å². The summed E-state index contributed by atoms with van der Waals surface area (Å²) in [5, 5.41) is 5.46. The first-order valence-corrected chi connectivity index (χ1v) is 7.41. The Hall–Kier alpha value is -1.84. The van der Waals surface area contributed by atoms with E-state index in [-0.39, 0.29) is 18.0 Å². The number of rotatable bonds is 5. The van der Waals surface area contributed by atoms with Crippen LogP contribution in [0.3, 0.4) is 0 Å². The van der Waals surface area contributed by atoms with Crippen molar-refractivity contribution in [2.75, 3.05) is 5.32 Å². The molecule has 0 aliphatic heterocycles. The van der Waals surface area contributed by atoms with Gasteiger partial charge >= 0.3 is 0 Å². The van der Waals surface area contributed by atoms with Gasteiger partial charge in [0.15, 0.2) is 6.04 Å². The van der Waals surface area contributed by atoms with Crippen LogP contribution >= 0.6 is 11.6 Å². The van der Waals surface area contributed by atoms with Gasteiger partial charge in [-0.1, -0.05) is 54.1 Å². The Morgan fingerprint density at radius 1 is 1.05 bits per heavy atom. The van der Waals surface area contributed by atoms with Gasteiger partial charge < -0.3 is 10.6 Å². The van der Waals surface area contributed by atoms with Crippen LogP contribution < -0.4 is 10.6 Å². The highest BCUT2D eigenvalue weighted by atomic mass is 35.5. The zero-order valence-corrected chi connectivity index (χ0v) is 13.0. The summed E-state index contributed by atoms with van der Waals surface area (Å²) < 4.78 is 0. The Morgan fingerprint density at radius 2 is 1.67 bits per heavy atom. The van der Waals surface area contributed by atoms with Crippen LogP contribution in [0.25, 0.3) is 0 Å². The molecule has 3 N–H and O–H groups in total. The maximum absolute atomic E-state index is 12.2. The molecule has 0 radical (unpaired) electrons. The SMILES string of the molecule is C[C@H]([NH2+][C@@H](C)c1ccccc1)C(=O)Nc1ccccc1Cl. The third-order valence-corrected chi connectivity index (χ3v) is 3.78. The van der Waals surface area contributed by atoms with Crippen molar-refractivity contribution < 1.29 is 10.1 Å². The number of para-hydroxylation sites is 1. The number of carbonyl (C=O) groups is 1. The van der Waals surface area contributed by atoms with Crippen LogP contribution in [0.4, 0.5) is 5.69 Å². The summed E-state index contributed by atoms with van der Waals surface area (Å²) in [7, 11) is 0. The minimum Gasteiger partial charge on any atom is -0.330 e. The van der Waals surface area contributed by atoms with Crippen LogP contribution in [0.5, 0.6) is 0 Å². The van der Waals surface area contributed by atoms with E-state index in [4.69, 9.17) is 11.6 Å². The molecular weight excluding hydrogens is 284 g/mol. The predicted molar refractivity (Wildman–Crippen MR) is 86.3 cm³/mol. The van der Waals surface area contributed by atoms with Crippen molar-refractivity contribution in [3.63, 3.8) is 0 Å². The normalized spacial score (nSPS) is 13.5. The summed E-state index contributed by atoms with van der Waals surface area (Å²) in [6, 6.07) is 17.4. The molecule has 0 saturated carbocycles. The smallest absolute Gasteiger partial charge is 0.282 e. The Morgan fingerprint density at radius 3 is 2.33 bits per heavy atom. The van der Waals surface area contributed by atoms with Crippen LogP contribution in [-0.4, -0.2) is 11.9 Å². The number of anilines is 1. The quantitative estimate of drug-likeness (QED) is 0.876. The molecule has 3 nitrogen and oxygen atoms in total. The van der Waals surface area contributed by atoms with E-state index in [1.807, 2.05) is 42.6 Å². The average molecular weight is 304 g/mol. The lowest BCUT2D eigenvalue weighted by Crippen LogP contribution is -2.91. The first-order chi connectivity index (χ1) is 10.1. The fraction of sp³-hybridized carbons (Fsp3) is 0.235. The molecule has 21 heavy (non-hydrogen) atoms. The first-order valence-electron chi connectivity index (χ1n) is 7.03. The van der Waals surface area contributed by atoms with Gasteiger partial charge in [-0.05, 0) is 26.0 Å². The lowest BCUT2D eigenvalue weighted by atomic mass is 10.1. The lowest BCUT2D eigenvalue weighted by molar-refractivity contribution is -0.709. The van der Waals surface area contributed by atoms with Crippen molar-refractivity contribution in [1.82, 2.24) is 0 Å². The molecule has 0 aromatic heterocycles. The highest BCUT2D eigenvalue weighted by molar-refractivity contribution is 6.33. The number of amides is 1. The fourth-order valence-electron chi connectivity index (χ4n) is 2.20. The zero-order valence-electron chi connectivity index (χ0n) is 12.2. The molecule has 2 aromatic rings. The van der Waals surface area contributed by atoms with E-state index in [0.29, 0.717) is 10.7 Å². The molecule has 4 heteroatoms. The monoisotopic (exact) mass is 303 g/mol. The second-order valence-electron chi connectivity index (χ2n) is 5.15. The van der Waals surface area contributed by atoms with Gasteiger partial charge in [0.1, 0.15) is 6.04 Å². The summed E-state index contributed by atoms with van der Waals surface area (Å²) in [4.78, 5) is 12.2. The molecule has 110 valence electrons. The van der Waals surface area contributed by atoms with E-state index < -0.39 is 0 Å². The second kappa shape index (κ2) is 7.25. The van der Waals surface area contributed by atoms with Crippen molar-refractivity contribution in [1.29, 1.82) is 0 Å². The number of quaternary nitrogens is 1. The zero-order chi connectivity index (χ0) is 15.2. The van der Waals surface area contributed by atoms with Gasteiger partial charge in [0.05, 0.1) is 10.7 Å². The molecule has 0 aliphatic rings. The number of benzene rings is 2. The predicted octanol–water partition coefficient (Wildman–Crippen LogP) is 2.99. The molecule has 0 bridgehead atoms. The van der Waals surface area contributed by atoms with Crippen LogP contribution in [0.15, 0.2) is 54.6 Å². The Bertz CT molecular complexity index is 601. The molecule has 0 unspecified atom stereocenters. The van der Waals surface area contributed by atoms with Crippen molar-refractivity contribution in [2.45, 2.75) is 25.9 Å². The summed E-state index contributed by atoms with van der Waals surface area (Å²) in [6.07, 6.45) is 0. The molecule has 2 aromatic carbocycles. The van der Waals surface area contributed by atoms with E-state index in [2.05, 4.69) is 24.4 Å². The molecule has 2 rings (SSSR count).